The van der Waals surface area contributed by atoms with Gasteiger partial charge in [0.2, 0.25) is 0 Å². The van der Waals surface area contributed by atoms with Crippen LogP contribution in [0.15, 0.2) is 213 Å². The number of benzene rings is 9. The Kier molecular flexibility index (Phi) is 10.9. The molecule has 77 heavy (non-hydrogen) atoms. The van der Waals surface area contributed by atoms with E-state index in [2.05, 4.69) is 198 Å². The maximum absolute atomic E-state index is 12.6. The molecule has 0 bridgehead atoms. The molecular formula is C71H58N2O4. The Hall–Kier alpha value is -9.00. The number of carbonyl (C=O) groups is 2. The highest BCUT2D eigenvalue weighted by Gasteiger charge is 2.41. The lowest BCUT2D eigenvalue weighted by molar-refractivity contribution is -0.129. The molecule has 0 saturated carbocycles. The summed E-state index contributed by atoms with van der Waals surface area (Å²) < 4.78 is 11.6. The van der Waals surface area contributed by atoms with Crippen molar-refractivity contribution in [2.75, 3.05) is 9.80 Å². The lowest BCUT2D eigenvalue weighted by Gasteiger charge is -2.31. The lowest BCUT2D eigenvalue weighted by atomic mass is 9.78. The Balaban J connectivity index is 0.967. The van der Waals surface area contributed by atoms with Crippen LogP contribution < -0.4 is 19.3 Å². The van der Waals surface area contributed by atoms with Crippen LogP contribution in [0.4, 0.5) is 34.1 Å². The molecule has 376 valence electrons. The number of hydrogen-bond donors (Lipinski definition) is 0. The van der Waals surface area contributed by atoms with Crippen molar-refractivity contribution in [3.63, 3.8) is 0 Å². The molecule has 0 N–H and O–H groups in total. The van der Waals surface area contributed by atoms with Crippen LogP contribution in [0.5, 0.6) is 11.5 Å². The Labute approximate surface area is 450 Å². The number of fused-ring (bicyclic) bond motifs is 10. The molecule has 4 aliphatic carbocycles. The van der Waals surface area contributed by atoms with E-state index in [1.807, 2.05) is 36.4 Å². The minimum atomic E-state index is -0.533. The van der Waals surface area contributed by atoms with Crippen LogP contribution in [0.2, 0.25) is 0 Å². The Morgan fingerprint density at radius 2 is 0.857 bits per heavy atom. The van der Waals surface area contributed by atoms with Crippen molar-refractivity contribution in [1.82, 2.24) is 0 Å². The summed E-state index contributed by atoms with van der Waals surface area (Å²) in [5.41, 5.74) is 21.1. The second-order valence-electron chi connectivity index (χ2n) is 22.4. The van der Waals surface area contributed by atoms with E-state index in [1.54, 1.807) is 12.1 Å². The predicted octanol–water partition coefficient (Wildman–Crippen LogP) is 18.1. The molecule has 4 aliphatic rings. The quantitative estimate of drug-likeness (QED) is 0.0773. The number of carbonyl (C=O) groups excluding carboxylic acids is 2. The van der Waals surface area contributed by atoms with Gasteiger partial charge in [-0.2, -0.15) is 0 Å². The molecule has 0 atom stereocenters. The molecule has 9 aromatic rings. The lowest BCUT2D eigenvalue weighted by Crippen LogP contribution is -2.20. The average molecular weight is 1000 g/mol. The first-order valence-electron chi connectivity index (χ1n) is 26.6. The molecule has 0 saturated heterocycles. The first kappa shape index (κ1) is 47.7. The van der Waals surface area contributed by atoms with Crippen molar-refractivity contribution in [3.05, 3.63) is 246 Å². The van der Waals surface area contributed by atoms with E-state index in [1.165, 1.54) is 78.9 Å². The normalized spacial score (nSPS) is 15.5. The van der Waals surface area contributed by atoms with Crippen molar-refractivity contribution in [2.24, 2.45) is 0 Å². The van der Waals surface area contributed by atoms with Crippen LogP contribution in [0.25, 0.3) is 49.4 Å². The molecule has 0 radical (unpaired) electrons. The van der Waals surface area contributed by atoms with Crippen LogP contribution >= 0.6 is 0 Å². The summed E-state index contributed by atoms with van der Waals surface area (Å²) in [5, 5.41) is 3.30. The largest absolute Gasteiger partial charge is 0.423 e. The average Bonchev–Trinajstić information content (AvgIpc) is 4.15. The molecule has 0 heterocycles. The molecule has 0 aromatic heterocycles. The van der Waals surface area contributed by atoms with Gasteiger partial charge >= 0.3 is 11.9 Å². The fourth-order valence-electron chi connectivity index (χ4n) is 13.2. The zero-order chi connectivity index (χ0) is 53.1. The first-order valence-corrected chi connectivity index (χ1v) is 26.6. The summed E-state index contributed by atoms with van der Waals surface area (Å²) in [6.07, 6.45) is 9.18. The summed E-state index contributed by atoms with van der Waals surface area (Å²) in [5.74, 6) is -0.194. The molecule has 0 unspecified atom stereocenters. The summed E-state index contributed by atoms with van der Waals surface area (Å²) in [7, 11) is 0. The van der Waals surface area contributed by atoms with Crippen LogP contribution in [-0.4, -0.2) is 11.9 Å². The summed E-state index contributed by atoms with van der Waals surface area (Å²) in [6.45, 7) is 21.5. The Bertz CT molecular complexity index is 4020. The van der Waals surface area contributed by atoms with Gasteiger partial charge in [0.25, 0.3) is 0 Å². The van der Waals surface area contributed by atoms with Gasteiger partial charge in [0.15, 0.2) is 0 Å². The molecular weight excluding hydrogens is 945 g/mol. The molecule has 9 aromatic carbocycles. The minimum Gasteiger partial charge on any atom is -0.423 e. The number of esters is 2. The maximum Gasteiger partial charge on any atom is 0.335 e. The predicted molar refractivity (Wildman–Crippen MR) is 316 cm³/mol. The van der Waals surface area contributed by atoms with Crippen molar-refractivity contribution < 1.29 is 19.1 Å². The second-order valence-corrected chi connectivity index (χ2v) is 22.4. The van der Waals surface area contributed by atoms with Gasteiger partial charge < -0.3 is 19.3 Å². The fraction of sp³-hybridized carbons (Fsp3) is 0.155. The molecule has 6 heteroatoms. The fourth-order valence-corrected chi connectivity index (χ4v) is 13.2. The van der Waals surface area contributed by atoms with E-state index in [9.17, 15) is 9.59 Å². The molecule has 0 amide bonds. The van der Waals surface area contributed by atoms with Crippen LogP contribution in [-0.2, 0) is 25.8 Å². The van der Waals surface area contributed by atoms with Gasteiger partial charge in [-0.05, 0) is 147 Å². The van der Waals surface area contributed by atoms with E-state index >= 15 is 0 Å². The summed E-state index contributed by atoms with van der Waals surface area (Å²) >= 11 is 0. The number of rotatable bonds is 10. The first-order chi connectivity index (χ1) is 37.2. The third kappa shape index (κ3) is 7.29. The SMILES string of the molecule is C=CC(=O)Oc1cccc2c(N(c3ccc4c(c3)C(C)(C)c3cc(N(c5ccc6c(c5)C(C)(C)C5=C6C=CCC5)c5ccc6c(c5)C(C)(C)c5ccccc5-6)ccc3-4)c3cccc4c(OC(=O)C=C)cccc34)cccc12. The standard InChI is InChI=1S/C71H58N2O4/c1-9-67(74)76-65-29-17-21-53-55(65)23-15-27-63(53)73(64-28-16-24-56-54(64)22-18-30-66(56)77-68(75)10-2)46-34-38-52-51-37-33-45(41-61(51)71(7,8)62(52)42-46)72(43-31-35-49-47-19-11-13-25-57(47)69(3,4)59(49)39-43)44-32-36-50-48-20-12-14-26-58(48)70(5,6)60(50)40-44/h9-13,15-25,27-42H,1-2,14,26H2,3-8H3. The van der Waals surface area contributed by atoms with Crippen molar-refractivity contribution in [2.45, 2.75) is 70.6 Å². The van der Waals surface area contributed by atoms with Crippen molar-refractivity contribution in [3.8, 4) is 33.8 Å². The summed E-state index contributed by atoms with van der Waals surface area (Å²) in [4.78, 5) is 30.0. The van der Waals surface area contributed by atoms with E-state index in [0.29, 0.717) is 11.5 Å². The van der Waals surface area contributed by atoms with Crippen molar-refractivity contribution >= 4 is 73.2 Å². The highest BCUT2D eigenvalue weighted by Crippen LogP contribution is 2.57. The van der Waals surface area contributed by atoms with E-state index in [-0.39, 0.29) is 10.8 Å². The van der Waals surface area contributed by atoms with Crippen LogP contribution in [0.1, 0.15) is 87.8 Å². The van der Waals surface area contributed by atoms with Gasteiger partial charge in [0.05, 0.1) is 11.4 Å². The van der Waals surface area contributed by atoms with Gasteiger partial charge in [0.1, 0.15) is 11.5 Å². The number of allylic oxidation sites excluding steroid dienone is 4. The third-order valence-electron chi connectivity index (χ3n) is 17.1. The van der Waals surface area contributed by atoms with E-state index in [4.69, 9.17) is 9.47 Å². The minimum absolute atomic E-state index is 0.0921. The monoisotopic (exact) mass is 1000 g/mol. The van der Waals surface area contributed by atoms with Gasteiger partial charge in [-0.3, -0.25) is 0 Å². The van der Waals surface area contributed by atoms with Crippen molar-refractivity contribution in [1.29, 1.82) is 0 Å². The second kappa shape index (κ2) is 17.5. The van der Waals surface area contributed by atoms with Gasteiger partial charge in [-0.25, -0.2) is 9.59 Å². The number of anilines is 6. The summed E-state index contributed by atoms with van der Waals surface area (Å²) in [6, 6.07) is 60.6. The van der Waals surface area contributed by atoms with Gasteiger partial charge in [0, 0.05) is 72.7 Å². The number of nitrogens with zero attached hydrogens (tertiary/aromatic N) is 2. The zero-order valence-corrected chi connectivity index (χ0v) is 44.3. The molecule has 13 rings (SSSR count). The van der Waals surface area contributed by atoms with Gasteiger partial charge in [-0.1, -0.05) is 169 Å². The van der Waals surface area contributed by atoms with Gasteiger partial charge in [-0.15, -0.1) is 0 Å². The smallest absolute Gasteiger partial charge is 0.335 e. The number of hydrogen-bond acceptors (Lipinski definition) is 6. The highest BCUT2D eigenvalue weighted by molar-refractivity contribution is 6.08. The van der Waals surface area contributed by atoms with Crippen LogP contribution in [0.3, 0.4) is 0 Å². The maximum atomic E-state index is 12.6. The van der Waals surface area contributed by atoms with E-state index in [0.717, 1.165) is 68.5 Å². The Morgan fingerprint density at radius 1 is 0.442 bits per heavy atom. The zero-order valence-electron chi connectivity index (χ0n) is 44.3. The number of ether oxygens (including phenoxy) is 2. The highest BCUT2D eigenvalue weighted by atomic mass is 16.5. The molecule has 0 spiro atoms. The Morgan fingerprint density at radius 3 is 1.36 bits per heavy atom. The van der Waals surface area contributed by atoms with E-state index < -0.39 is 17.4 Å². The third-order valence-corrected chi connectivity index (χ3v) is 17.1. The molecule has 0 aliphatic heterocycles. The topological polar surface area (TPSA) is 59.1 Å². The molecule has 0 fully saturated rings. The van der Waals surface area contributed by atoms with Crippen LogP contribution in [0, 0.1) is 0 Å². The molecule has 6 nitrogen and oxygen atoms in total.